The van der Waals surface area contributed by atoms with Gasteiger partial charge in [-0.25, -0.2) is 0 Å². The average Bonchev–Trinajstić information content (AvgIpc) is 3.21. The van der Waals surface area contributed by atoms with Gasteiger partial charge in [0.1, 0.15) is 0 Å². The van der Waals surface area contributed by atoms with E-state index in [9.17, 15) is 0 Å². The van der Waals surface area contributed by atoms with E-state index in [1.165, 1.54) is 49.5 Å². The van der Waals surface area contributed by atoms with E-state index < -0.39 is 0 Å². The lowest BCUT2D eigenvalue weighted by atomic mass is 9.74. The highest BCUT2D eigenvalue weighted by Crippen LogP contribution is 2.47. The number of H-pyrrole nitrogens is 1. The number of para-hydroxylation sites is 2. The number of aromatic amines is 1. The van der Waals surface area contributed by atoms with Gasteiger partial charge in [0.15, 0.2) is 0 Å². The SMILES string of the molecule is CC1(C)c2ccccc2-n2ccc3c4c(cc1c32)[nH]c1ccccc14. The number of benzene rings is 3. The molecule has 3 heterocycles. The maximum atomic E-state index is 3.63. The van der Waals surface area contributed by atoms with Gasteiger partial charge in [-0.15, -0.1) is 0 Å². The molecule has 3 aromatic carbocycles. The zero-order valence-corrected chi connectivity index (χ0v) is 14.3. The van der Waals surface area contributed by atoms with Crippen molar-refractivity contribution >= 4 is 32.7 Å². The minimum atomic E-state index is -0.0192. The smallest absolute Gasteiger partial charge is 0.0577 e. The van der Waals surface area contributed by atoms with Crippen LogP contribution in [0.15, 0.2) is 66.9 Å². The number of hydrogen-bond acceptors (Lipinski definition) is 0. The van der Waals surface area contributed by atoms with Crippen molar-refractivity contribution in [2.45, 2.75) is 19.3 Å². The predicted molar refractivity (Wildman–Crippen MR) is 105 cm³/mol. The summed E-state index contributed by atoms with van der Waals surface area (Å²) in [5.41, 5.74) is 7.84. The molecule has 120 valence electrons. The fourth-order valence-electron chi connectivity index (χ4n) is 4.72. The van der Waals surface area contributed by atoms with Gasteiger partial charge >= 0.3 is 0 Å². The van der Waals surface area contributed by atoms with Gasteiger partial charge < -0.3 is 9.55 Å². The molecule has 0 bridgehead atoms. The number of nitrogens with zero attached hydrogens (tertiary/aromatic N) is 1. The van der Waals surface area contributed by atoms with Crippen molar-refractivity contribution in [1.29, 1.82) is 0 Å². The molecule has 2 nitrogen and oxygen atoms in total. The zero-order valence-electron chi connectivity index (χ0n) is 14.3. The number of rotatable bonds is 0. The van der Waals surface area contributed by atoms with Crippen molar-refractivity contribution in [2.75, 3.05) is 0 Å². The highest BCUT2D eigenvalue weighted by molar-refractivity contribution is 6.21. The molecule has 0 spiro atoms. The Labute approximate surface area is 145 Å². The molecule has 2 heteroatoms. The molecule has 0 atom stereocenters. The van der Waals surface area contributed by atoms with Gasteiger partial charge in [-0.3, -0.25) is 0 Å². The standard InChI is InChI=1S/C23H18N2/c1-23(2)16-8-4-6-10-20(16)25-12-11-15-21-14-7-3-5-9-18(14)24-19(21)13-17(23)22(15)25/h3-13,24H,1-2H3. The number of aromatic nitrogens is 2. The molecule has 5 aromatic rings. The first-order chi connectivity index (χ1) is 12.2. The van der Waals surface area contributed by atoms with Gasteiger partial charge in [-0.05, 0) is 35.4 Å². The molecule has 0 saturated heterocycles. The van der Waals surface area contributed by atoms with E-state index in [0.717, 1.165) is 0 Å². The van der Waals surface area contributed by atoms with Gasteiger partial charge in [0, 0.05) is 44.5 Å². The summed E-state index contributed by atoms with van der Waals surface area (Å²) in [6.07, 6.45) is 2.23. The van der Waals surface area contributed by atoms with Crippen molar-refractivity contribution in [3.8, 4) is 5.69 Å². The van der Waals surface area contributed by atoms with E-state index in [2.05, 4.69) is 90.3 Å². The van der Waals surface area contributed by atoms with Gasteiger partial charge in [-0.2, -0.15) is 0 Å². The summed E-state index contributed by atoms with van der Waals surface area (Å²) in [6.45, 7) is 4.68. The lowest BCUT2D eigenvalue weighted by molar-refractivity contribution is 0.629. The van der Waals surface area contributed by atoms with E-state index in [4.69, 9.17) is 0 Å². The van der Waals surface area contributed by atoms with Crippen LogP contribution in [0.3, 0.4) is 0 Å². The van der Waals surface area contributed by atoms with Crippen molar-refractivity contribution < 1.29 is 0 Å². The van der Waals surface area contributed by atoms with Crippen LogP contribution in [0.2, 0.25) is 0 Å². The third kappa shape index (κ3) is 1.46. The lowest BCUT2D eigenvalue weighted by Gasteiger charge is -2.34. The highest BCUT2D eigenvalue weighted by atomic mass is 15.0. The summed E-state index contributed by atoms with van der Waals surface area (Å²) in [7, 11) is 0. The molecule has 0 saturated carbocycles. The molecule has 1 aliphatic heterocycles. The minimum Gasteiger partial charge on any atom is -0.354 e. The Morgan fingerprint density at radius 3 is 2.52 bits per heavy atom. The van der Waals surface area contributed by atoms with E-state index in [1.54, 1.807) is 0 Å². The summed E-state index contributed by atoms with van der Waals surface area (Å²) in [5, 5.41) is 3.98. The molecule has 1 N–H and O–H groups in total. The fraction of sp³-hybridized carbons (Fsp3) is 0.130. The third-order valence-corrected chi connectivity index (χ3v) is 5.94. The van der Waals surface area contributed by atoms with E-state index in [0.29, 0.717) is 0 Å². The molecular formula is C23H18N2. The molecule has 0 amide bonds. The maximum absolute atomic E-state index is 3.63. The second kappa shape index (κ2) is 4.15. The van der Waals surface area contributed by atoms with Crippen LogP contribution in [0.25, 0.3) is 38.4 Å². The van der Waals surface area contributed by atoms with Crippen molar-refractivity contribution in [3.63, 3.8) is 0 Å². The van der Waals surface area contributed by atoms with Crippen LogP contribution in [-0.2, 0) is 5.41 Å². The minimum absolute atomic E-state index is 0.0192. The molecule has 2 aromatic heterocycles. The molecule has 0 unspecified atom stereocenters. The predicted octanol–water partition coefficient (Wildman–Crippen LogP) is 5.90. The fourth-order valence-corrected chi connectivity index (χ4v) is 4.72. The number of nitrogens with one attached hydrogen (secondary N) is 1. The normalized spacial score (nSPS) is 15.1. The molecule has 1 aliphatic rings. The summed E-state index contributed by atoms with van der Waals surface area (Å²) >= 11 is 0. The Morgan fingerprint density at radius 2 is 1.60 bits per heavy atom. The molecule has 0 fully saturated rings. The van der Waals surface area contributed by atoms with Crippen LogP contribution in [0.4, 0.5) is 0 Å². The van der Waals surface area contributed by atoms with E-state index in [1.807, 2.05) is 0 Å². The van der Waals surface area contributed by atoms with Crippen molar-refractivity contribution in [1.82, 2.24) is 9.55 Å². The van der Waals surface area contributed by atoms with Crippen LogP contribution in [0.5, 0.6) is 0 Å². The molecule has 0 aliphatic carbocycles. The second-order valence-corrected chi connectivity index (χ2v) is 7.61. The van der Waals surface area contributed by atoms with Gasteiger partial charge in [0.05, 0.1) is 5.52 Å². The third-order valence-electron chi connectivity index (χ3n) is 5.94. The monoisotopic (exact) mass is 322 g/mol. The first-order valence-electron chi connectivity index (χ1n) is 8.81. The number of hydrogen-bond donors (Lipinski definition) is 1. The van der Waals surface area contributed by atoms with Crippen LogP contribution in [0, 0.1) is 0 Å². The van der Waals surface area contributed by atoms with Crippen LogP contribution < -0.4 is 0 Å². The summed E-state index contributed by atoms with van der Waals surface area (Å²) < 4.78 is 2.37. The number of fused-ring (bicyclic) bond motifs is 6. The lowest BCUT2D eigenvalue weighted by Crippen LogP contribution is -2.26. The summed E-state index contributed by atoms with van der Waals surface area (Å²) in [5.74, 6) is 0. The largest absolute Gasteiger partial charge is 0.354 e. The first kappa shape index (κ1) is 13.3. The Bertz CT molecular complexity index is 1310. The first-order valence-corrected chi connectivity index (χ1v) is 8.81. The van der Waals surface area contributed by atoms with Crippen LogP contribution in [0.1, 0.15) is 25.0 Å². The second-order valence-electron chi connectivity index (χ2n) is 7.61. The maximum Gasteiger partial charge on any atom is 0.0577 e. The Balaban J connectivity index is 1.90. The highest BCUT2D eigenvalue weighted by Gasteiger charge is 2.34. The Hall–Kier alpha value is -3.00. The molecule has 25 heavy (non-hydrogen) atoms. The van der Waals surface area contributed by atoms with Crippen LogP contribution >= 0.6 is 0 Å². The van der Waals surface area contributed by atoms with Gasteiger partial charge in [-0.1, -0.05) is 50.2 Å². The summed E-state index contributed by atoms with van der Waals surface area (Å²) in [6, 6.07) is 22.0. The van der Waals surface area contributed by atoms with Gasteiger partial charge in [0.25, 0.3) is 0 Å². The van der Waals surface area contributed by atoms with E-state index >= 15 is 0 Å². The molecular weight excluding hydrogens is 304 g/mol. The van der Waals surface area contributed by atoms with Crippen molar-refractivity contribution in [2.24, 2.45) is 0 Å². The Kier molecular flexibility index (Phi) is 2.21. The van der Waals surface area contributed by atoms with E-state index in [-0.39, 0.29) is 5.41 Å². The van der Waals surface area contributed by atoms with Crippen LogP contribution in [-0.4, -0.2) is 9.55 Å². The zero-order chi connectivity index (χ0) is 16.8. The molecule has 0 radical (unpaired) electrons. The topological polar surface area (TPSA) is 20.7 Å². The molecule has 6 rings (SSSR count). The summed E-state index contributed by atoms with van der Waals surface area (Å²) in [4.78, 5) is 3.63. The van der Waals surface area contributed by atoms with Crippen molar-refractivity contribution in [3.05, 3.63) is 78.0 Å². The Morgan fingerprint density at radius 1 is 0.800 bits per heavy atom. The average molecular weight is 322 g/mol. The quantitative estimate of drug-likeness (QED) is 0.366. The van der Waals surface area contributed by atoms with Gasteiger partial charge in [0.2, 0.25) is 0 Å².